The molecule has 0 amide bonds. The highest BCUT2D eigenvalue weighted by atomic mass is 19.1. The minimum absolute atomic E-state index is 0.0271. The maximum atomic E-state index is 12.7. The van der Waals surface area contributed by atoms with Gasteiger partial charge in [0, 0.05) is 12.8 Å². The summed E-state index contributed by atoms with van der Waals surface area (Å²) in [4.78, 5) is 3.71. The molecule has 0 fully saturated rings. The van der Waals surface area contributed by atoms with E-state index in [0.717, 1.165) is 12.1 Å². The van der Waals surface area contributed by atoms with E-state index in [0.29, 0.717) is 0 Å². The van der Waals surface area contributed by atoms with E-state index in [1.165, 1.54) is 6.20 Å². The molecule has 1 aromatic rings. The van der Waals surface area contributed by atoms with E-state index in [4.69, 9.17) is 5.11 Å². The fraction of sp³-hybridized carbons (Fsp3) is 0.444. The first-order valence-electron chi connectivity index (χ1n) is 4.23. The SMILES string of the molecule is OCCC(O)C(O)c1cc(F)ccn1. The van der Waals surface area contributed by atoms with Crippen LogP contribution in [0.1, 0.15) is 18.2 Å². The highest BCUT2D eigenvalue weighted by Crippen LogP contribution is 2.16. The molecule has 0 radical (unpaired) electrons. The molecule has 3 N–H and O–H groups in total. The molecule has 0 aliphatic rings. The summed E-state index contributed by atoms with van der Waals surface area (Å²) in [6.07, 6.45) is -1.16. The molecule has 1 rings (SSSR count). The quantitative estimate of drug-likeness (QED) is 0.641. The zero-order valence-corrected chi connectivity index (χ0v) is 7.47. The van der Waals surface area contributed by atoms with E-state index in [2.05, 4.69) is 4.98 Å². The number of hydrogen-bond donors (Lipinski definition) is 3. The van der Waals surface area contributed by atoms with Crippen molar-refractivity contribution in [3.05, 3.63) is 29.8 Å². The lowest BCUT2D eigenvalue weighted by Gasteiger charge is -2.15. The van der Waals surface area contributed by atoms with Gasteiger partial charge < -0.3 is 15.3 Å². The van der Waals surface area contributed by atoms with Crippen LogP contribution in [0, 0.1) is 5.82 Å². The van der Waals surface area contributed by atoms with Crippen LogP contribution in [-0.2, 0) is 0 Å². The van der Waals surface area contributed by atoms with Crippen LogP contribution in [0.5, 0.6) is 0 Å². The molecule has 0 spiro atoms. The molecule has 0 aliphatic heterocycles. The van der Waals surface area contributed by atoms with Crippen molar-refractivity contribution in [1.82, 2.24) is 4.98 Å². The van der Waals surface area contributed by atoms with Gasteiger partial charge in [0.2, 0.25) is 0 Å². The summed E-state index contributed by atoms with van der Waals surface area (Å²) in [5, 5.41) is 27.3. The largest absolute Gasteiger partial charge is 0.396 e. The monoisotopic (exact) mass is 201 g/mol. The Balaban J connectivity index is 2.73. The van der Waals surface area contributed by atoms with Crippen molar-refractivity contribution in [2.45, 2.75) is 18.6 Å². The van der Waals surface area contributed by atoms with Gasteiger partial charge >= 0.3 is 0 Å². The summed E-state index contributed by atoms with van der Waals surface area (Å²) in [6, 6.07) is 2.19. The van der Waals surface area contributed by atoms with Gasteiger partial charge in [-0.05, 0) is 18.6 Å². The van der Waals surface area contributed by atoms with Gasteiger partial charge in [-0.1, -0.05) is 0 Å². The van der Waals surface area contributed by atoms with E-state index in [-0.39, 0.29) is 18.7 Å². The molecule has 1 aromatic heterocycles. The Labute approximate surface area is 80.7 Å². The molecule has 0 aromatic carbocycles. The number of pyridine rings is 1. The first kappa shape index (κ1) is 11.0. The van der Waals surface area contributed by atoms with E-state index in [1.807, 2.05) is 0 Å². The third-order valence-electron chi connectivity index (χ3n) is 1.84. The molecular formula is C9H12FNO3. The number of aliphatic hydroxyl groups excluding tert-OH is 3. The Morgan fingerprint density at radius 2 is 2.14 bits per heavy atom. The zero-order valence-electron chi connectivity index (χ0n) is 7.47. The van der Waals surface area contributed by atoms with Gasteiger partial charge in [0.1, 0.15) is 11.9 Å². The number of halogens is 1. The molecule has 0 saturated carbocycles. The molecular weight excluding hydrogens is 189 g/mol. The normalized spacial score (nSPS) is 15.1. The Morgan fingerprint density at radius 3 is 2.71 bits per heavy atom. The number of aromatic nitrogens is 1. The second-order valence-electron chi connectivity index (χ2n) is 2.92. The second kappa shape index (κ2) is 4.99. The fourth-order valence-electron chi connectivity index (χ4n) is 1.07. The topological polar surface area (TPSA) is 73.6 Å². The van der Waals surface area contributed by atoms with Gasteiger partial charge in [-0.3, -0.25) is 4.98 Å². The Bertz CT molecular complexity index is 295. The van der Waals surface area contributed by atoms with Crippen LogP contribution in [0.2, 0.25) is 0 Å². The van der Waals surface area contributed by atoms with E-state index >= 15 is 0 Å². The Morgan fingerprint density at radius 1 is 1.43 bits per heavy atom. The third kappa shape index (κ3) is 2.73. The molecule has 2 atom stereocenters. The Hall–Kier alpha value is -1.04. The first-order valence-corrected chi connectivity index (χ1v) is 4.23. The highest BCUT2D eigenvalue weighted by molar-refractivity contribution is 5.09. The van der Waals surface area contributed by atoms with Crippen LogP contribution in [0.15, 0.2) is 18.3 Å². The van der Waals surface area contributed by atoms with Crippen LogP contribution in [0.3, 0.4) is 0 Å². The van der Waals surface area contributed by atoms with E-state index in [9.17, 15) is 14.6 Å². The molecule has 0 bridgehead atoms. The summed E-state index contributed by atoms with van der Waals surface area (Å²) in [6.45, 7) is -0.243. The molecule has 1 heterocycles. The zero-order chi connectivity index (χ0) is 10.6. The number of aliphatic hydroxyl groups is 3. The van der Waals surface area contributed by atoms with Gasteiger partial charge in [0.25, 0.3) is 0 Å². The van der Waals surface area contributed by atoms with Gasteiger partial charge in [0.15, 0.2) is 0 Å². The molecule has 0 saturated heterocycles. The minimum atomic E-state index is -1.27. The second-order valence-corrected chi connectivity index (χ2v) is 2.92. The highest BCUT2D eigenvalue weighted by Gasteiger charge is 2.19. The number of rotatable bonds is 4. The van der Waals surface area contributed by atoms with Crippen molar-refractivity contribution in [2.75, 3.05) is 6.61 Å². The molecule has 4 nitrogen and oxygen atoms in total. The maximum Gasteiger partial charge on any atom is 0.126 e. The van der Waals surface area contributed by atoms with E-state index < -0.39 is 18.0 Å². The van der Waals surface area contributed by atoms with Crippen molar-refractivity contribution in [2.24, 2.45) is 0 Å². The third-order valence-corrected chi connectivity index (χ3v) is 1.84. The predicted molar refractivity (Wildman–Crippen MR) is 46.9 cm³/mol. The number of hydrogen-bond acceptors (Lipinski definition) is 4. The average Bonchev–Trinajstić information content (AvgIpc) is 2.17. The molecule has 78 valence electrons. The van der Waals surface area contributed by atoms with Crippen molar-refractivity contribution >= 4 is 0 Å². The van der Waals surface area contributed by atoms with Crippen LogP contribution in [-0.4, -0.2) is 33.0 Å². The minimum Gasteiger partial charge on any atom is -0.396 e. The lowest BCUT2D eigenvalue weighted by atomic mass is 10.1. The van der Waals surface area contributed by atoms with Crippen molar-refractivity contribution in [3.8, 4) is 0 Å². The van der Waals surface area contributed by atoms with E-state index in [1.54, 1.807) is 0 Å². The van der Waals surface area contributed by atoms with Crippen LogP contribution >= 0.6 is 0 Å². The molecule has 5 heteroatoms. The van der Waals surface area contributed by atoms with Crippen LogP contribution < -0.4 is 0 Å². The summed E-state index contributed by atoms with van der Waals surface area (Å²) in [5.74, 6) is -0.523. The van der Waals surface area contributed by atoms with Gasteiger partial charge in [-0.2, -0.15) is 0 Å². The van der Waals surface area contributed by atoms with Crippen molar-refractivity contribution < 1.29 is 19.7 Å². The summed E-state index contributed by atoms with van der Waals surface area (Å²) in [7, 11) is 0. The molecule has 0 aliphatic carbocycles. The van der Waals surface area contributed by atoms with Crippen LogP contribution in [0.4, 0.5) is 4.39 Å². The number of nitrogens with zero attached hydrogens (tertiary/aromatic N) is 1. The predicted octanol–water partition coefficient (Wildman–Crippen LogP) is -0.00260. The Kier molecular flexibility index (Phi) is 3.94. The lowest BCUT2D eigenvalue weighted by Crippen LogP contribution is -2.20. The standard InChI is InChI=1S/C9H12FNO3/c10-6-1-3-11-7(5-6)9(14)8(13)2-4-12/h1,3,5,8-9,12-14H,2,4H2. The van der Waals surface area contributed by atoms with Gasteiger partial charge in [0.05, 0.1) is 11.8 Å². The molecule has 2 unspecified atom stereocenters. The smallest absolute Gasteiger partial charge is 0.126 e. The van der Waals surface area contributed by atoms with Crippen LogP contribution in [0.25, 0.3) is 0 Å². The summed E-state index contributed by atoms with van der Waals surface area (Å²) in [5.41, 5.74) is 0.0611. The van der Waals surface area contributed by atoms with Crippen molar-refractivity contribution in [1.29, 1.82) is 0 Å². The summed E-state index contributed by atoms with van der Waals surface area (Å²) < 4.78 is 12.7. The van der Waals surface area contributed by atoms with Crippen molar-refractivity contribution in [3.63, 3.8) is 0 Å². The first-order chi connectivity index (χ1) is 6.65. The molecule has 14 heavy (non-hydrogen) atoms. The van der Waals surface area contributed by atoms with Gasteiger partial charge in [-0.15, -0.1) is 0 Å². The lowest BCUT2D eigenvalue weighted by molar-refractivity contribution is 0.00176. The maximum absolute atomic E-state index is 12.7. The van der Waals surface area contributed by atoms with Gasteiger partial charge in [-0.25, -0.2) is 4.39 Å². The average molecular weight is 201 g/mol. The fourth-order valence-corrected chi connectivity index (χ4v) is 1.07. The summed E-state index contributed by atoms with van der Waals surface area (Å²) >= 11 is 0.